The van der Waals surface area contributed by atoms with E-state index in [-0.39, 0.29) is 12.3 Å². The molecule has 0 spiro atoms. The fourth-order valence-corrected chi connectivity index (χ4v) is 3.91. The Hall–Kier alpha value is -4.33. The number of rotatable bonds is 8. The van der Waals surface area contributed by atoms with E-state index < -0.39 is 17.2 Å². The summed E-state index contributed by atoms with van der Waals surface area (Å²) < 4.78 is 1.76. The topological polar surface area (TPSA) is 114 Å². The molecule has 0 aliphatic heterocycles. The first-order chi connectivity index (χ1) is 16.6. The third kappa shape index (κ3) is 5.27. The largest absolute Gasteiger partial charge is 0.476 e. The Bertz CT molecular complexity index is 1410. The first-order valence-electron chi connectivity index (χ1n) is 11.2. The summed E-state index contributed by atoms with van der Waals surface area (Å²) in [6.45, 7) is 5.77. The van der Waals surface area contributed by atoms with Crippen LogP contribution in [0.3, 0.4) is 0 Å². The van der Waals surface area contributed by atoms with Gasteiger partial charge in [0.2, 0.25) is 5.78 Å². The third-order valence-electron chi connectivity index (χ3n) is 6.00. The second kappa shape index (κ2) is 9.50. The van der Waals surface area contributed by atoms with Gasteiger partial charge in [0.05, 0.1) is 11.4 Å². The number of carbonyl (C=O) groups is 3. The zero-order valence-corrected chi connectivity index (χ0v) is 19.8. The van der Waals surface area contributed by atoms with Crippen molar-refractivity contribution in [2.75, 3.05) is 5.32 Å². The maximum atomic E-state index is 13.0. The fraction of sp³-hybridized carbons (Fsp3) is 0.222. The van der Waals surface area contributed by atoms with Gasteiger partial charge in [0.25, 0.3) is 5.91 Å². The number of anilines is 1. The van der Waals surface area contributed by atoms with Crippen LogP contribution in [0.15, 0.2) is 66.7 Å². The van der Waals surface area contributed by atoms with Crippen LogP contribution < -0.4 is 5.32 Å². The van der Waals surface area contributed by atoms with E-state index in [9.17, 15) is 14.4 Å². The molecule has 0 saturated carbocycles. The summed E-state index contributed by atoms with van der Waals surface area (Å²) in [5.74, 6) is -2.11. The molecule has 178 valence electrons. The number of ketones is 1. The molecule has 0 bridgehead atoms. The molecule has 8 heteroatoms. The number of nitrogens with one attached hydrogen (secondary N) is 1. The van der Waals surface area contributed by atoms with Crippen LogP contribution in [0.2, 0.25) is 0 Å². The van der Waals surface area contributed by atoms with Gasteiger partial charge in [-0.25, -0.2) is 14.3 Å². The van der Waals surface area contributed by atoms with Gasteiger partial charge < -0.3 is 10.4 Å². The van der Waals surface area contributed by atoms with Crippen molar-refractivity contribution < 1.29 is 19.5 Å². The summed E-state index contributed by atoms with van der Waals surface area (Å²) in [5, 5.41) is 16.2. The van der Waals surface area contributed by atoms with Gasteiger partial charge in [0, 0.05) is 29.7 Å². The number of fused-ring (bicyclic) bond motifs is 1. The summed E-state index contributed by atoms with van der Waals surface area (Å²) in [7, 11) is 0. The van der Waals surface area contributed by atoms with E-state index in [4.69, 9.17) is 5.11 Å². The van der Waals surface area contributed by atoms with Crippen LogP contribution in [-0.4, -0.2) is 37.4 Å². The van der Waals surface area contributed by atoms with E-state index in [2.05, 4.69) is 15.4 Å². The second-order valence-corrected chi connectivity index (χ2v) is 9.09. The van der Waals surface area contributed by atoms with Crippen molar-refractivity contribution in [3.8, 4) is 11.3 Å². The molecule has 0 aliphatic carbocycles. The fourth-order valence-electron chi connectivity index (χ4n) is 3.91. The minimum Gasteiger partial charge on any atom is -0.476 e. The highest BCUT2D eigenvalue weighted by Crippen LogP contribution is 2.29. The zero-order chi connectivity index (χ0) is 25.2. The smallest absolute Gasteiger partial charge is 0.372 e. The van der Waals surface area contributed by atoms with Crippen molar-refractivity contribution in [2.45, 2.75) is 39.0 Å². The van der Waals surface area contributed by atoms with Gasteiger partial charge in [-0.05, 0) is 36.5 Å². The molecule has 2 heterocycles. The number of carboxylic acids is 1. The Labute approximate surface area is 202 Å². The highest BCUT2D eigenvalue weighted by molar-refractivity contribution is 6.32. The number of Topliss-reactive ketones (excluding diaryl/α,β-unsaturated/α-hetero) is 1. The van der Waals surface area contributed by atoms with Crippen molar-refractivity contribution in [2.24, 2.45) is 0 Å². The van der Waals surface area contributed by atoms with Crippen LogP contribution in [0.5, 0.6) is 0 Å². The molecule has 1 amide bonds. The molecule has 2 N–H and O–H groups in total. The van der Waals surface area contributed by atoms with Crippen LogP contribution in [0, 0.1) is 6.92 Å². The molecule has 8 nitrogen and oxygen atoms in total. The Balaban J connectivity index is 1.55. The van der Waals surface area contributed by atoms with Crippen molar-refractivity contribution in [3.05, 3.63) is 83.6 Å². The molecule has 2 aromatic carbocycles. The lowest BCUT2D eigenvalue weighted by molar-refractivity contribution is -0.149. The van der Waals surface area contributed by atoms with Gasteiger partial charge in [-0.3, -0.25) is 9.59 Å². The molecule has 0 atom stereocenters. The molecule has 0 radical (unpaired) electrons. The Morgan fingerprint density at radius 3 is 2.34 bits per heavy atom. The highest BCUT2D eigenvalue weighted by atomic mass is 16.4. The zero-order valence-electron chi connectivity index (χ0n) is 19.8. The molecule has 4 rings (SSSR count). The van der Waals surface area contributed by atoms with Gasteiger partial charge in [-0.1, -0.05) is 56.3 Å². The lowest BCUT2D eigenvalue weighted by Gasteiger charge is -2.25. The summed E-state index contributed by atoms with van der Waals surface area (Å²) in [6.07, 6.45) is 0.344. The average Bonchev–Trinajstić information content (AvgIpc) is 3.22. The third-order valence-corrected chi connectivity index (χ3v) is 6.00. The second-order valence-electron chi connectivity index (χ2n) is 9.09. The van der Waals surface area contributed by atoms with Crippen LogP contribution in [0.25, 0.3) is 16.9 Å². The SMILES string of the molecule is Cc1cc2nc(NC(=O)c3ccc(C(C)(C)CCC(=O)C(=O)O)cc3)cc(-c3ccccc3)n2n1. The van der Waals surface area contributed by atoms with Crippen LogP contribution >= 0.6 is 0 Å². The average molecular weight is 471 g/mol. The molecule has 0 unspecified atom stereocenters. The molecular formula is C27H26N4O4. The van der Waals surface area contributed by atoms with E-state index in [0.717, 1.165) is 22.5 Å². The molecule has 0 saturated heterocycles. The number of aliphatic carboxylic acids is 1. The number of hydrogen-bond acceptors (Lipinski definition) is 5. The highest BCUT2D eigenvalue weighted by Gasteiger charge is 2.24. The Kier molecular flexibility index (Phi) is 6.46. The van der Waals surface area contributed by atoms with E-state index in [1.54, 1.807) is 22.7 Å². The van der Waals surface area contributed by atoms with Gasteiger partial charge in [0.15, 0.2) is 5.65 Å². The van der Waals surface area contributed by atoms with Crippen molar-refractivity contribution >= 4 is 29.1 Å². The van der Waals surface area contributed by atoms with E-state index in [1.165, 1.54) is 0 Å². The monoisotopic (exact) mass is 470 g/mol. The maximum Gasteiger partial charge on any atom is 0.372 e. The van der Waals surface area contributed by atoms with Crippen molar-refractivity contribution in [3.63, 3.8) is 0 Å². The maximum absolute atomic E-state index is 13.0. The lowest BCUT2D eigenvalue weighted by Crippen LogP contribution is -2.22. The van der Waals surface area contributed by atoms with Gasteiger partial charge in [0.1, 0.15) is 5.82 Å². The number of amides is 1. The summed E-state index contributed by atoms with van der Waals surface area (Å²) >= 11 is 0. The van der Waals surface area contributed by atoms with Crippen LogP contribution in [-0.2, 0) is 15.0 Å². The first kappa shape index (κ1) is 23.8. The van der Waals surface area contributed by atoms with Crippen molar-refractivity contribution in [1.29, 1.82) is 0 Å². The predicted molar refractivity (Wildman–Crippen MR) is 132 cm³/mol. The molecule has 0 aliphatic rings. The van der Waals surface area contributed by atoms with Gasteiger partial charge in [-0.15, -0.1) is 0 Å². The van der Waals surface area contributed by atoms with Crippen LogP contribution in [0.4, 0.5) is 5.82 Å². The number of aryl methyl sites for hydroxylation is 1. The predicted octanol–water partition coefficient (Wildman–Crippen LogP) is 4.67. The molecular weight excluding hydrogens is 444 g/mol. The quantitative estimate of drug-likeness (QED) is 0.362. The van der Waals surface area contributed by atoms with Gasteiger partial charge in [-0.2, -0.15) is 5.10 Å². The van der Waals surface area contributed by atoms with Gasteiger partial charge >= 0.3 is 5.97 Å². The summed E-state index contributed by atoms with van der Waals surface area (Å²) in [6, 6.07) is 20.5. The Morgan fingerprint density at radius 2 is 1.69 bits per heavy atom. The van der Waals surface area contributed by atoms with E-state index >= 15 is 0 Å². The Morgan fingerprint density at radius 1 is 1.00 bits per heavy atom. The number of carbonyl (C=O) groups excluding carboxylic acids is 2. The van der Waals surface area contributed by atoms with E-state index in [1.807, 2.05) is 69.3 Å². The van der Waals surface area contributed by atoms with Crippen LogP contribution in [0.1, 0.15) is 48.3 Å². The number of aromatic nitrogens is 3. The molecule has 2 aromatic heterocycles. The lowest BCUT2D eigenvalue weighted by atomic mass is 9.80. The summed E-state index contributed by atoms with van der Waals surface area (Å²) in [4.78, 5) is 39.8. The first-order valence-corrected chi connectivity index (χ1v) is 11.2. The molecule has 0 fully saturated rings. The normalized spacial score (nSPS) is 11.4. The number of carboxylic acid groups (broad SMARTS) is 1. The number of benzene rings is 2. The number of hydrogen-bond donors (Lipinski definition) is 2. The van der Waals surface area contributed by atoms with Crippen molar-refractivity contribution in [1.82, 2.24) is 14.6 Å². The summed E-state index contributed by atoms with van der Waals surface area (Å²) in [5.41, 5.74) is 4.16. The minimum atomic E-state index is -1.42. The standard InChI is InChI=1S/C27H26N4O4/c1-17-15-24-28-23(16-21(31(24)30-17)18-7-5-4-6-8-18)29-25(33)19-9-11-20(12-10-19)27(2,3)14-13-22(32)26(34)35/h4-12,15-16H,13-14H2,1-3H3,(H,34,35)(H,28,29,33). The molecule has 35 heavy (non-hydrogen) atoms. The minimum absolute atomic E-state index is 0.0451. The van der Waals surface area contributed by atoms with E-state index in [0.29, 0.717) is 23.4 Å². The number of nitrogens with zero attached hydrogens (tertiary/aromatic N) is 3. The molecule has 4 aromatic rings.